The van der Waals surface area contributed by atoms with E-state index in [1.807, 2.05) is 6.07 Å². The molecule has 0 aliphatic heterocycles. The number of carbonyl (C=O) groups is 1. The topological polar surface area (TPSA) is 71.3 Å². The summed E-state index contributed by atoms with van der Waals surface area (Å²) in [5.41, 5.74) is 1.84. The highest BCUT2D eigenvalue weighted by atomic mass is 79.9. The summed E-state index contributed by atoms with van der Waals surface area (Å²) in [6, 6.07) is 3.58. The first-order valence-electron chi connectivity index (χ1n) is 6.88. The van der Waals surface area contributed by atoms with Crippen LogP contribution in [0, 0.1) is 0 Å². The molecule has 1 amide bonds. The molecule has 0 radical (unpaired) electrons. The summed E-state index contributed by atoms with van der Waals surface area (Å²) in [5, 5.41) is 3.42. The minimum Gasteiger partial charge on any atom is -0.460 e. The zero-order valence-electron chi connectivity index (χ0n) is 12.4. The first kappa shape index (κ1) is 15.4. The smallest absolute Gasteiger partial charge is 0.255 e. The standard InChI is InChI=1S/C15H17BrN2O3S/c1-17-15(19)13-9-6-10(16)11(18-22(2,3)20)7-12(9)21-14(13)8-4-5-8/h6-8H,2,4-5H2,1,3H3,(H,17,19)(H,18,20). The number of amides is 1. The Hall–Kier alpha value is -1.47. The Bertz CT molecular complexity index is 867. The van der Waals surface area contributed by atoms with Gasteiger partial charge in [-0.15, -0.1) is 0 Å². The van der Waals surface area contributed by atoms with E-state index in [-0.39, 0.29) is 5.91 Å². The van der Waals surface area contributed by atoms with Crippen molar-refractivity contribution in [2.75, 3.05) is 18.0 Å². The van der Waals surface area contributed by atoms with Crippen molar-refractivity contribution in [3.63, 3.8) is 0 Å². The molecule has 1 aliphatic carbocycles. The zero-order valence-corrected chi connectivity index (χ0v) is 14.8. The molecule has 2 N–H and O–H groups in total. The molecule has 1 fully saturated rings. The summed E-state index contributed by atoms with van der Waals surface area (Å²) in [6.45, 7) is 0. The van der Waals surface area contributed by atoms with Crippen molar-refractivity contribution in [1.82, 2.24) is 5.32 Å². The van der Waals surface area contributed by atoms with Crippen LogP contribution in [0.2, 0.25) is 0 Å². The van der Waals surface area contributed by atoms with Gasteiger partial charge in [0.25, 0.3) is 5.91 Å². The quantitative estimate of drug-likeness (QED) is 0.795. The molecule has 118 valence electrons. The van der Waals surface area contributed by atoms with Crippen molar-refractivity contribution in [3.05, 3.63) is 27.9 Å². The van der Waals surface area contributed by atoms with Crippen molar-refractivity contribution < 1.29 is 13.4 Å². The molecule has 1 heterocycles. The molecular formula is C15H17BrN2O3S. The van der Waals surface area contributed by atoms with Crippen LogP contribution in [0.4, 0.5) is 5.69 Å². The van der Waals surface area contributed by atoms with Crippen LogP contribution in [0.5, 0.6) is 0 Å². The summed E-state index contributed by atoms with van der Waals surface area (Å²) in [7, 11) is -0.789. The molecule has 5 nitrogen and oxygen atoms in total. The summed E-state index contributed by atoms with van der Waals surface area (Å²) in [6.07, 6.45) is 3.60. The van der Waals surface area contributed by atoms with Gasteiger partial charge in [0, 0.05) is 44.9 Å². The van der Waals surface area contributed by atoms with Crippen LogP contribution in [0.15, 0.2) is 21.0 Å². The van der Waals surface area contributed by atoms with Crippen LogP contribution in [-0.2, 0) is 9.71 Å². The summed E-state index contributed by atoms with van der Waals surface area (Å²) < 4.78 is 21.4. The average Bonchev–Trinajstić information content (AvgIpc) is 3.20. The Labute approximate surface area is 137 Å². The van der Waals surface area contributed by atoms with Gasteiger partial charge >= 0.3 is 0 Å². The Morgan fingerprint density at radius 2 is 2.14 bits per heavy atom. The van der Waals surface area contributed by atoms with E-state index in [1.54, 1.807) is 13.1 Å². The van der Waals surface area contributed by atoms with Crippen molar-refractivity contribution in [2.45, 2.75) is 18.8 Å². The normalized spacial score (nSPS) is 17.2. The monoisotopic (exact) mass is 384 g/mol. The lowest BCUT2D eigenvalue weighted by atomic mass is 10.1. The molecular weight excluding hydrogens is 368 g/mol. The predicted molar refractivity (Wildman–Crippen MR) is 94.1 cm³/mol. The van der Waals surface area contributed by atoms with E-state index in [2.05, 4.69) is 31.8 Å². The third-order valence-corrected chi connectivity index (χ3v) is 4.84. The maximum atomic E-state index is 12.2. The van der Waals surface area contributed by atoms with E-state index < -0.39 is 9.71 Å². The lowest BCUT2D eigenvalue weighted by Gasteiger charge is -2.09. The Balaban J connectivity index is 2.20. The van der Waals surface area contributed by atoms with Gasteiger partial charge in [-0.2, -0.15) is 0 Å². The van der Waals surface area contributed by atoms with Crippen molar-refractivity contribution in [2.24, 2.45) is 0 Å². The summed E-state index contributed by atoms with van der Waals surface area (Å²) in [5.74, 6) is 4.50. The van der Waals surface area contributed by atoms with Crippen molar-refractivity contribution in [3.8, 4) is 0 Å². The Morgan fingerprint density at radius 1 is 1.45 bits per heavy atom. The van der Waals surface area contributed by atoms with Crippen LogP contribution in [0.25, 0.3) is 11.0 Å². The fraction of sp³-hybridized carbons (Fsp3) is 0.333. The second-order valence-corrected chi connectivity index (χ2v) is 8.70. The van der Waals surface area contributed by atoms with Crippen molar-refractivity contribution >= 4 is 54.1 Å². The number of anilines is 1. The highest BCUT2D eigenvalue weighted by Gasteiger charge is 2.33. The number of hydrogen-bond donors (Lipinski definition) is 2. The highest BCUT2D eigenvalue weighted by molar-refractivity contribution is 9.10. The minimum absolute atomic E-state index is 0.148. The minimum atomic E-state index is -2.40. The number of rotatable bonds is 4. The molecule has 1 atom stereocenters. The van der Waals surface area contributed by atoms with E-state index in [1.165, 1.54) is 6.26 Å². The second-order valence-electron chi connectivity index (χ2n) is 5.63. The van der Waals surface area contributed by atoms with Gasteiger partial charge < -0.3 is 14.5 Å². The molecule has 1 aliphatic rings. The van der Waals surface area contributed by atoms with Gasteiger partial charge in [-0.1, -0.05) is 0 Å². The molecule has 22 heavy (non-hydrogen) atoms. The SMILES string of the molecule is C=S(C)(=O)Nc1cc2oc(C3CC3)c(C(=O)NC)c2cc1Br. The number of nitrogens with one attached hydrogen (secondary N) is 2. The molecule has 1 aromatic heterocycles. The van der Waals surface area contributed by atoms with Gasteiger partial charge in [0.05, 0.1) is 11.3 Å². The number of hydrogen-bond acceptors (Lipinski definition) is 3. The third-order valence-electron chi connectivity index (χ3n) is 3.53. The molecule has 0 saturated heterocycles. The zero-order chi connectivity index (χ0) is 16.1. The van der Waals surface area contributed by atoms with Crippen LogP contribution < -0.4 is 10.0 Å². The fourth-order valence-corrected chi connectivity index (χ4v) is 3.65. The summed E-state index contributed by atoms with van der Waals surface area (Å²) >= 11 is 3.45. The van der Waals surface area contributed by atoms with Gasteiger partial charge in [0.1, 0.15) is 11.3 Å². The van der Waals surface area contributed by atoms with Crippen LogP contribution >= 0.6 is 15.9 Å². The lowest BCUT2D eigenvalue weighted by Crippen LogP contribution is -2.18. The maximum Gasteiger partial charge on any atom is 0.255 e. The van der Waals surface area contributed by atoms with Gasteiger partial charge in [0.15, 0.2) is 0 Å². The van der Waals surface area contributed by atoms with E-state index in [9.17, 15) is 9.00 Å². The number of carbonyl (C=O) groups excluding carboxylic acids is 1. The fourth-order valence-electron chi connectivity index (χ4n) is 2.44. The maximum absolute atomic E-state index is 12.2. The van der Waals surface area contributed by atoms with Gasteiger partial charge in [-0.25, -0.2) is 4.21 Å². The molecule has 7 heteroatoms. The number of fused-ring (bicyclic) bond motifs is 1. The third kappa shape index (κ3) is 2.87. The Morgan fingerprint density at radius 3 is 2.68 bits per heavy atom. The molecule has 1 saturated carbocycles. The van der Waals surface area contributed by atoms with E-state index in [0.717, 1.165) is 24.0 Å². The highest BCUT2D eigenvalue weighted by Crippen LogP contribution is 2.46. The van der Waals surface area contributed by atoms with E-state index in [4.69, 9.17) is 4.42 Å². The van der Waals surface area contributed by atoms with Crippen LogP contribution in [0.3, 0.4) is 0 Å². The lowest BCUT2D eigenvalue weighted by molar-refractivity contribution is 0.0962. The second kappa shape index (κ2) is 5.31. The molecule has 0 bridgehead atoms. The molecule has 1 unspecified atom stereocenters. The van der Waals surface area contributed by atoms with E-state index in [0.29, 0.717) is 27.2 Å². The molecule has 3 rings (SSSR count). The largest absolute Gasteiger partial charge is 0.460 e. The van der Waals surface area contributed by atoms with Crippen molar-refractivity contribution in [1.29, 1.82) is 0 Å². The van der Waals surface area contributed by atoms with Gasteiger partial charge in [0.2, 0.25) is 0 Å². The predicted octanol–water partition coefficient (Wildman–Crippen LogP) is 3.11. The Kier molecular flexibility index (Phi) is 3.72. The van der Waals surface area contributed by atoms with Gasteiger partial charge in [-0.3, -0.25) is 4.79 Å². The van der Waals surface area contributed by atoms with Crippen LogP contribution in [0.1, 0.15) is 34.9 Å². The summed E-state index contributed by atoms with van der Waals surface area (Å²) in [4.78, 5) is 12.2. The number of benzene rings is 1. The number of furan rings is 1. The number of halogens is 1. The van der Waals surface area contributed by atoms with E-state index >= 15 is 0 Å². The molecule has 0 spiro atoms. The molecule has 1 aromatic carbocycles. The first-order valence-corrected chi connectivity index (χ1v) is 9.81. The average molecular weight is 385 g/mol. The van der Waals surface area contributed by atoms with Gasteiger partial charge in [-0.05, 0) is 40.7 Å². The van der Waals surface area contributed by atoms with Crippen LogP contribution in [-0.4, -0.2) is 29.3 Å². The molecule has 2 aromatic rings. The first-order chi connectivity index (χ1) is 10.3.